The van der Waals surface area contributed by atoms with Gasteiger partial charge < -0.3 is 0 Å². The van der Waals surface area contributed by atoms with Crippen LogP contribution in [0.3, 0.4) is 0 Å². The normalized spacial score (nSPS) is 14.3. The summed E-state index contributed by atoms with van der Waals surface area (Å²) in [6.07, 6.45) is 0. The smallest absolute Gasteiger partial charge is 0.0159 e. The van der Waals surface area contributed by atoms with Crippen LogP contribution in [0, 0.1) is 0 Å². The van der Waals surface area contributed by atoms with Crippen molar-refractivity contribution >= 4 is 32.3 Å². The Hall–Kier alpha value is -7.02. The summed E-state index contributed by atoms with van der Waals surface area (Å²) in [7, 11) is 0. The third kappa shape index (κ3) is 4.98. The van der Waals surface area contributed by atoms with Gasteiger partial charge in [-0.05, 0) is 146 Å². The first kappa shape index (κ1) is 35.0. The predicted molar refractivity (Wildman–Crippen MR) is 256 cm³/mol. The largest absolute Gasteiger partial charge is 0.0619 e. The van der Waals surface area contributed by atoms with Crippen LogP contribution in [0.4, 0.5) is 0 Å². The van der Waals surface area contributed by atoms with Crippen molar-refractivity contribution in [2.24, 2.45) is 0 Å². The van der Waals surface area contributed by atoms with Gasteiger partial charge in [-0.3, -0.25) is 0 Å². The standard InChI is InChI=1S/C60H44/c1-59(2)53-25-11-9-20-45(53)47-30-27-39(35-55(47)59)38-17-13-18-41(33-38)57-49-22-7-8-23-50(49)58(42-29-31-48-46-21-10-12-26-54(46)60(3,4)56(48)36-42)52-34-40(28-32-51(52)57)44-24-14-16-37-15-5-6-19-43(37)44/h5-36H,1-4H3. The summed E-state index contributed by atoms with van der Waals surface area (Å²) in [6.45, 7) is 9.50. The van der Waals surface area contributed by atoms with E-state index in [0.717, 1.165) is 0 Å². The molecule has 0 bridgehead atoms. The van der Waals surface area contributed by atoms with Gasteiger partial charge in [-0.1, -0.05) is 198 Å². The second-order valence-corrected chi connectivity index (χ2v) is 18.0. The number of hydrogen-bond acceptors (Lipinski definition) is 0. The number of hydrogen-bond donors (Lipinski definition) is 0. The van der Waals surface area contributed by atoms with E-state index in [2.05, 4.69) is 222 Å². The highest BCUT2D eigenvalue weighted by Crippen LogP contribution is 2.53. The molecule has 0 nitrogen and oxygen atoms in total. The van der Waals surface area contributed by atoms with Crippen molar-refractivity contribution in [3.63, 3.8) is 0 Å². The molecule has 10 aromatic rings. The molecule has 0 saturated heterocycles. The zero-order valence-corrected chi connectivity index (χ0v) is 34.5. The zero-order valence-electron chi connectivity index (χ0n) is 34.5. The lowest BCUT2D eigenvalue weighted by atomic mass is 9.80. The van der Waals surface area contributed by atoms with Crippen molar-refractivity contribution in [3.05, 3.63) is 216 Å². The van der Waals surface area contributed by atoms with E-state index in [1.165, 1.54) is 121 Å². The van der Waals surface area contributed by atoms with E-state index in [9.17, 15) is 0 Å². The summed E-state index contributed by atoms with van der Waals surface area (Å²) >= 11 is 0. The minimum absolute atomic E-state index is 0.0564. The SMILES string of the molecule is CC1(C)c2ccccc2-c2ccc(-c3cccc(-c4c5ccccc5c(-c5ccc6c(c5)C(C)(C)c5ccccc5-6)c5cc(-c6cccc7ccccc67)ccc45)c3)cc21. The van der Waals surface area contributed by atoms with E-state index in [0.29, 0.717) is 0 Å². The molecule has 0 aliphatic heterocycles. The molecule has 0 radical (unpaired) electrons. The highest BCUT2D eigenvalue weighted by atomic mass is 14.4. The maximum Gasteiger partial charge on any atom is 0.0159 e. The second-order valence-electron chi connectivity index (χ2n) is 18.0. The predicted octanol–water partition coefficient (Wildman–Crippen LogP) is 16.4. The fourth-order valence-electron chi connectivity index (χ4n) is 11.0. The van der Waals surface area contributed by atoms with Crippen molar-refractivity contribution < 1.29 is 0 Å². The summed E-state index contributed by atoms with van der Waals surface area (Å²) in [6, 6.07) is 73.2. The summed E-state index contributed by atoms with van der Waals surface area (Å²) in [4.78, 5) is 0. The fraction of sp³-hybridized carbons (Fsp3) is 0.100. The van der Waals surface area contributed by atoms with Crippen LogP contribution in [-0.2, 0) is 10.8 Å². The summed E-state index contributed by atoms with van der Waals surface area (Å²) in [5, 5.41) is 7.59. The van der Waals surface area contributed by atoms with E-state index in [1.54, 1.807) is 0 Å². The van der Waals surface area contributed by atoms with Crippen LogP contribution in [0.5, 0.6) is 0 Å². The Morgan fingerprint density at radius 3 is 1.38 bits per heavy atom. The molecule has 60 heavy (non-hydrogen) atoms. The molecule has 284 valence electrons. The number of benzene rings is 10. The third-order valence-electron chi connectivity index (χ3n) is 14.1. The Kier molecular flexibility index (Phi) is 7.42. The summed E-state index contributed by atoms with van der Waals surface area (Å²) < 4.78 is 0. The molecule has 10 aromatic carbocycles. The Morgan fingerprint density at radius 1 is 0.250 bits per heavy atom. The number of rotatable bonds is 4. The fourth-order valence-corrected chi connectivity index (χ4v) is 11.0. The maximum atomic E-state index is 2.50. The van der Waals surface area contributed by atoms with Crippen molar-refractivity contribution in [2.45, 2.75) is 38.5 Å². The van der Waals surface area contributed by atoms with Crippen LogP contribution in [0.1, 0.15) is 49.9 Å². The molecule has 0 fully saturated rings. The van der Waals surface area contributed by atoms with Crippen LogP contribution in [0.2, 0.25) is 0 Å². The highest BCUT2D eigenvalue weighted by Gasteiger charge is 2.36. The molecule has 0 unspecified atom stereocenters. The minimum Gasteiger partial charge on any atom is -0.0619 e. The van der Waals surface area contributed by atoms with Crippen LogP contribution in [0.15, 0.2) is 194 Å². The molecule has 12 rings (SSSR count). The quantitative estimate of drug-likeness (QED) is 0.157. The lowest BCUT2D eigenvalue weighted by molar-refractivity contribution is 0.660. The van der Waals surface area contributed by atoms with Crippen molar-refractivity contribution in [2.75, 3.05) is 0 Å². The molecule has 2 aliphatic rings. The van der Waals surface area contributed by atoms with E-state index in [-0.39, 0.29) is 10.8 Å². The van der Waals surface area contributed by atoms with Gasteiger partial charge in [0, 0.05) is 10.8 Å². The molecule has 0 aromatic heterocycles. The first-order valence-electron chi connectivity index (χ1n) is 21.3. The van der Waals surface area contributed by atoms with Crippen LogP contribution < -0.4 is 0 Å². The topological polar surface area (TPSA) is 0 Å². The molecule has 0 N–H and O–H groups in total. The molecule has 0 amide bonds. The monoisotopic (exact) mass is 764 g/mol. The molecular formula is C60H44. The van der Waals surface area contributed by atoms with Gasteiger partial charge in [-0.2, -0.15) is 0 Å². The molecule has 0 heterocycles. The summed E-state index contributed by atoms with van der Waals surface area (Å²) in [5.74, 6) is 0. The van der Waals surface area contributed by atoms with Gasteiger partial charge in [0.25, 0.3) is 0 Å². The summed E-state index contributed by atoms with van der Waals surface area (Å²) in [5.41, 5.74) is 20.9. The first-order valence-corrected chi connectivity index (χ1v) is 21.3. The van der Waals surface area contributed by atoms with Gasteiger partial charge in [0.15, 0.2) is 0 Å². The van der Waals surface area contributed by atoms with E-state index in [4.69, 9.17) is 0 Å². The van der Waals surface area contributed by atoms with Gasteiger partial charge in [0.1, 0.15) is 0 Å². The lowest BCUT2D eigenvalue weighted by Crippen LogP contribution is -2.14. The minimum atomic E-state index is -0.0996. The third-order valence-corrected chi connectivity index (χ3v) is 14.1. The molecule has 2 aliphatic carbocycles. The van der Waals surface area contributed by atoms with E-state index in [1.807, 2.05) is 0 Å². The van der Waals surface area contributed by atoms with Crippen molar-refractivity contribution in [1.82, 2.24) is 0 Å². The average Bonchev–Trinajstić information content (AvgIpc) is 3.66. The van der Waals surface area contributed by atoms with Gasteiger partial charge >= 0.3 is 0 Å². The first-order chi connectivity index (χ1) is 29.3. The molecule has 0 spiro atoms. The molecular weight excluding hydrogens is 721 g/mol. The van der Waals surface area contributed by atoms with Gasteiger partial charge in [-0.25, -0.2) is 0 Å². The lowest BCUT2D eigenvalue weighted by Gasteiger charge is -2.23. The Labute approximate surface area is 352 Å². The van der Waals surface area contributed by atoms with E-state index < -0.39 is 0 Å². The Balaban J connectivity index is 1.10. The average molecular weight is 765 g/mol. The molecule has 0 atom stereocenters. The zero-order chi connectivity index (χ0) is 40.3. The Morgan fingerprint density at radius 2 is 0.683 bits per heavy atom. The highest BCUT2D eigenvalue weighted by molar-refractivity contribution is 6.22. The van der Waals surface area contributed by atoms with E-state index >= 15 is 0 Å². The van der Waals surface area contributed by atoms with Gasteiger partial charge in [0.05, 0.1) is 0 Å². The van der Waals surface area contributed by atoms with Crippen LogP contribution in [-0.4, -0.2) is 0 Å². The number of fused-ring (bicyclic) bond motifs is 9. The Bertz CT molecular complexity index is 3420. The van der Waals surface area contributed by atoms with Gasteiger partial charge in [-0.15, -0.1) is 0 Å². The van der Waals surface area contributed by atoms with Crippen molar-refractivity contribution in [1.29, 1.82) is 0 Å². The molecule has 0 heteroatoms. The van der Waals surface area contributed by atoms with Crippen molar-refractivity contribution in [3.8, 4) is 66.8 Å². The van der Waals surface area contributed by atoms with Crippen LogP contribution >= 0.6 is 0 Å². The second kappa shape index (κ2) is 12.7. The maximum absolute atomic E-state index is 2.50. The van der Waals surface area contributed by atoms with Gasteiger partial charge in [0.2, 0.25) is 0 Å². The molecule has 0 saturated carbocycles. The van der Waals surface area contributed by atoms with Crippen LogP contribution in [0.25, 0.3) is 99.1 Å².